The van der Waals surface area contributed by atoms with Crippen molar-refractivity contribution in [3.05, 3.63) is 70.8 Å². The van der Waals surface area contributed by atoms with E-state index in [1.54, 1.807) is 24.3 Å². The van der Waals surface area contributed by atoms with Crippen LogP contribution in [0.3, 0.4) is 0 Å². The number of esters is 1. The Balaban J connectivity index is 1.42. The van der Waals surface area contributed by atoms with Crippen LogP contribution in [0.25, 0.3) is 0 Å². The number of nitrogens with zero attached hydrogens (tertiary/aromatic N) is 1. The Kier molecular flexibility index (Phi) is 5.84. The summed E-state index contributed by atoms with van der Waals surface area (Å²) >= 11 is 0. The third kappa shape index (κ3) is 4.25. The van der Waals surface area contributed by atoms with Crippen molar-refractivity contribution in [2.75, 3.05) is 13.2 Å². The summed E-state index contributed by atoms with van der Waals surface area (Å²) in [4.78, 5) is 49.2. The van der Waals surface area contributed by atoms with Crippen LogP contribution < -0.4 is 5.32 Å². The van der Waals surface area contributed by atoms with Crippen LogP contribution >= 0.6 is 0 Å². The van der Waals surface area contributed by atoms with Gasteiger partial charge in [-0.05, 0) is 30.2 Å². The first-order valence-corrected chi connectivity index (χ1v) is 8.89. The second-order valence-corrected chi connectivity index (χ2v) is 6.42. The first-order valence-electron chi connectivity index (χ1n) is 8.89. The average molecular weight is 380 g/mol. The molecule has 3 rings (SSSR count). The lowest BCUT2D eigenvalue weighted by Crippen LogP contribution is -2.33. The predicted molar refractivity (Wildman–Crippen MR) is 100 cm³/mol. The molecule has 0 atom stereocenters. The molecule has 0 aromatic heterocycles. The quantitative estimate of drug-likeness (QED) is 0.584. The van der Waals surface area contributed by atoms with Crippen molar-refractivity contribution in [3.63, 3.8) is 0 Å². The van der Waals surface area contributed by atoms with E-state index in [9.17, 15) is 19.2 Å². The van der Waals surface area contributed by atoms with E-state index in [0.29, 0.717) is 17.7 Å². The van der Waals surface area contributed by atoms with Crippen molar-refractivity contribution < 1.29 is 23.9 Å². The summed E-state index contributed by atoms with van der Waals surface area (Å²) in [6.45, 7) is 1.79. The molecule has 1 aliphatic rings. The Labute approximate surface area is 162 Å². The molecular weight excluding hydrogens is 360 g/mol. The Morgan fingerprint density at radius 3 is 2.21 bits per heavy atom. The van der Waals surface area contributed by atoms with Gasteiger partial charge in [0.1, 0.15) is 0 Å². The molecule has 1 heterocycles. The van der Waals surface area contributed by atoms with Crippen molar-refractivity contribution in [2.24, 2.45) is 0 Å². The van der Waals surface area contributed by atoms with Crippen LogP contribution in [0.4, 0.5) is 0 Å². The lowest BCUT2D eigenvalue weighted by molar-refractivity contribution is -0.148. The predicted octanol–water partition coefficient (Wildman–Crippen LogP) is 1.84. The van der Waals surface area contributed by atoms with E-state index in [1.165, 1.54) is 0 Å². The molecule has 0 saturated carbocycles. The zero-order valence-corrected chi connectivity index (χ0v) is 15.4. The molecule has 2 aromatic carbocycles. The van der Waals surface area contributed by atoms with Crippen LogP contribution in [0.5, 0.6) is 0 Å². The van der Waals surface area contributed by atoms with Gasteiger partial charge in [0.15, 0.2) is 6.61 Å². The summed E-state index contributed by atoms with van der Waals surface area (Å²) < 4.78 is 4.93. The van der Waals surface area contributed by atoms with Crippen LogP contribution in [-0.2, 0) is 20.9 Å². The van der Waals surface area contributed by atoms with Gasteiger partial charge in [0.05, 0.1) is 17.5 Å². The van der Waals surface area contributed by atoms with Gasteiger partial charge >= 0.3 is 5.97 Å². The molecule has 0 unspecified atom stereocenters. The minimum Gasteiger partial charge on any atom is -0.456 e. The maximum Gasteiger partial charge on any atom is 0.308 e. The normalized spacial score (nSPS) is 12.7. The molecule has 2 aromatic rings. The summed E-state index contributed by atoms with van der Waals surface area (Å²) in [5.74, 6) is -1.92. The maximum absolute atomic E-state index is 12.2. The summed E-state index contributed by atoms with van der Waals surface area (Å²) in [6, 6.07) is 14.2. The molecule has 7 heteroatoms. The number of carbonyl (C=O) groups excluding carboxylic acids is 4. The number of hydrogen-bond acceptors (Lipinski definition) is 5. The molecule has 0 spiro atoms. The number of hydrogen-bond donors (Lipinski definition) is 1. The van der Waals surface area contributed by atoms with E-state index < -0.39 is 30.3 Å². The number of carbonyl (C=O) groups is 4. The number of imide groups is 1. The second-order valence-electron chi connectivity index (χ2n) is 6.42. The third-order valence-electron chi connectivity index (χ3n) is 4.52. The molecule has 0 aliphatic carbocycles. The Morgan fingerprint density at radius 1 is 0.964 bits per heavy atom. The molecule has 0 fully saturated rings. The van der Waals surface area contributed by atoms with Crippen molar-refractivity contribution in [1.82, 2.24) is 10.2 Å². The number of fused-ring (bicyclic) bond motifs is 1. The van der Waals surface area contributed by atoms with Crippen molar-refractivity contribution >= 4 is 23.7 Å². The number of ether oxygens (including phenoxy) is 1. The van der Waals surface area contributed by atoms with Crippen LogP contribution in [0, 0.1) is 6.92 Å². The van der Waals surface area contributed by atoms with Gasteiger partial charge in [0.2, 0.25) is 0 Å². The van der Waals surface area contributed by atoms with E-state index in [4.69, 9.17) is 4.74 Å². The molecule has 28 heavy (non-hydrogen) atoms. The van der Waals surface area contributed by atoms with Gasteiger partial charge < -0.3 is 10.1 Å². The van der Waals surface area contributed by atoms with Gasteiger partial charge in [0, 0.05) is 13.1 Å². The highest BCUT2D eigenvalue weighted by Gasteiger charge is 2.35. The fourth-order valence-electron chi connectivity index (χ4n) is 2.92. The SMILES string of the molecule is Cc1ccccc1CNC(=O)COC(=O)CCN1C(=O)c2ccccc2C1=O. The van der Waals surface area contributed by atoms with E-state index in [2.05, 4.69) is 5.32 Å². The summed E-state index contributed by atoms with van der Waals surface area (Å²) in [5.41, 5.74) is 2.70. The van der Waals surface area contributed by atoms with Crippen LogP contribution in [-0.4, -0.2) is 41.7 Å². The smallest absolute Gasteiger partial charge is 0.308 e. The lowest BCUT2D eigenvalue weighted by atomic mass is 10.1. The molecule has 7 nitrogen and oxygen atoms in total. The first kappa shape index (κ1) is 19.3. The Morgan fingerprint density at radius 2 is 1.57 bits per heavy atom. The van der Waals surface area contributed by atoms with Gasteiger partial charge in [-0.15, -0.1) is 0 Å². The Hall–Kier alpha value is -3.48. The number of benzene rings is 2. The standard InChI is InChI=1S/C21H20N2O5/c1-14-6-2-3-7-15(14)12-22-18(24)13-28-19(25)10-11-23-20(26)16-8-4-5-9-17(16)21(23)27/h2-9H,10-13H2,1H3,(H,22,24). The molecule has 1 N–H and O–H groups in total. The van der Waals surface area contributed by atoms with Crippen LogP contribution in [0.15, 0.2) is 48.5 Å². The highest BCUT2D eigenvalue weighted by Crippen LogP contribution is 2.22. The van der Waals surface area contributed by atoms with Gasteiger partial charge in [-0.1, -0.05) is 36.4 Å². The monoisotopic (exact) mass is 380 g/mol. The Bertz CT molecular complexity index is 903. The summed E-state index contributed by atoms with van der Waals surface area (Å²) in [5, 5.41) is 2.68. The molecule has 0 radical (unpaired) electrons. The maximum atomic E-state index is 12.2. The van der Waals surface area contributed by atoms with Crippen LogP contribution in [0.1, 0.15) is 38.3 Å². The number of amides is 3. The molecule has 144 valence electrons. The zero-order valence-electron chi connectivity index (χ0n) is 15.4. The first-order chi connectivity index (χ1) is 13.5. The molecular formula is C21H20N2O5. The van der Waals surface area contributed by atoms with Gasteiger partial charge in [-0.3, -0.25) is 24.1 Å². The highest BCUT2D eigenvalue weighted by atomic mass is 16.5. The molecule has 1 aliphatic heterocycles. The topological polar surface area (TPSA) is 92.8 Å². The molecule has 3 amide bonds. The molecule has 0 saturated heterocycles. The highest BCUT2D eigenvalue weighted by molar-refractivity contribution is 6.21. The second kappa shape index (κ2) is 8.47. The summed E-state index contributed by atoms with van der Waals surface area (Å²) in [6.07, 6.45) is -0.170. The fraction of sp³-hybridized carbons (Fsp3) is 0.238. The average Bonchev–Trinajstić information content (AvgIpc) is 2.94. The van der Waals surface area contributed by atoms with Crippen molar-refractivity contribution in [1.29, 1.82) is 0 Å². The minimum atomic E-state index is -0.650. The zero-order chi connectivity index (χ0) is 20.1. The van der Waals surface area contributed by atoms with Gasteiger partial charge in [-0.25, -0.2) is 0 Å². The fourth-order valence-corrected chi connectivity index (χ4v) is 2.92. The van der Waals surface area contributed by atoms with Crippen LogP contribution in [0.2, 0.25) is 0 Å². The van der Waals surface area contributed by atoms with E-state index >= 15 is 0 Å². The van der Waals surface area contributed by atoms with E-state index in [-0.39, 0.29) is 13.0 Å². The molecule has 0 bridgehead atoms. The summed E-state index contributed by atoms with van der Waals surface area (Å²) in [7, 11) is 0. The van der Waals surface area contributed by atoms with E-state index in [0.717, 1.165) is 16.0 Å². The third-order valence-corrected chi connectivity index (χ3v) is 4.52. The minimum absolute atomic E-state index is 0.0873. The van der Waals surface area contributed by atoms with Gasteiger partial charge in [-0.2, -0.15) is 0 Å². The number of nitrogens with one attached hydrogen (secondary N) is 1. The number of rotatable bonds is 7. The largest absolute Gasteiger partial charge is 0.456 e. The van der Waals surface area contributed by atoms with E-state index in [1.807, 2.05) is 31.2 Å². The van der Waals surface area contributed by atoms with Crippen molar-refractivity contribution in [3.8, 4) is 0 Å². The van der Waals surface area contributed by atoms with Crippen molar-refractivity contribution in [2.45, 2.75) is 19.9 Å². The number of aryl methyl sites for hydroxylation is 1. The van der Waals surface area contributed by atoms with Gasteiger partial charge in [0.25, 0.3) is 17.7 Å². The lowest BCUT2D eigenvalue weighted by Gasteiger charge is -2.13.